The normalized spacial score (nSPS) is 10.3. The smallest absolute Gasteiger partial charge is 0.358 e. The van der Waals surface area contributed by atoms with Crippen LogP contribution in [-0.4, -0.2) is 34.1 Å². The highest BCUT2D eigenvalue weighted by atomic mass is 16.5. The predicted molar refractivity (Wildman–Crippen MR) is 65.3 cm³/mol. The number of ether oxygens (including phenoxy) is 1. The summed E-state index contributed by atoms with van der Waals surface area (Å²) in [6.45, 7) is -0.244. The zero-order chi connectivity index (χ0) is 13.0. The van der Waals surface area contributed by atoms with Crippen molar-refractivity contribution >= 4 is 11.7 Å². The van der Waals surface area contributed by atoms with Gasteiger partial charge in [0, 0.05) is 11.9 Å². The molecule has 0 saturated heterocycles. The van der Waals surface area contributed by atoms with Crippen molar-refractivity contribution in [3.8, 4) is 5.69 Å². The van der Waals surface area contributed by atoms with Gasteiger partial charge in [-0.25, -0.2) is 9.48 Å². The maximum absolute atomic E-state index is 11.5. The van der Waals surface area contributed by atoms with E-state index in [0.717, 1.165) is 5.69 Å². The molecule has 0 atom stereocenters. The molecular formula is C12H13N3O3. The quantitative estimate of drug-likeness (QED) is 0.610. The zero-order valence-electron chi connectivity index (χ0n) is 9.61. The van der Waals surface area contributed by atoms with Crippen LogP contribution < -0.4 is 5.73 Å². The minimum absolute atomic E-state index is 0.0377. The van der Waals surface area contributed by atoms with E-state index in [4.69, 9.17) is 15.6 Å². The molecule has 2 rings (SSSR count). The Bertz CT molecular complexity index is 551. The number of esters is 1. The Morgan fingerprint density at radius 3 is 3.00 bits per heavy atom. The van der Waals surface area contributed by atoms with E-state index in [-0.39, 0.29) is 18.9 Å². The van der Waals surface area contributed by atoms with Gasteiger partial charge in [-0.05, 0) is 24.3 Å². The van der Waals surface area contributed by atoms with Gasteiger partial charge in [-0.1, -0.05) is 6.07 Å². The molecule has 18 heavy (non-hydrogen) atoms. The predicted octanol–water partition coefficient (Wildman–Crippen LogP) is 0.604. The summed E-state index contributed by atoms with van der Waals surface area (Å²) in [5, 5.41) is 12.6. The topological polar surface area (TPSA) is 90.4 Å². The molecule has 6 nitrogen and oxygen atoms in total. The third-order valence-corrected chi connectivity index (χ3v) is 2.26. The van der Waals surface area contributed by atoms with Crippen molar-refractivity contribution in [2.45, 2.75) is 0 Å². The second kappa shape index (κ2) is 5.33. The Hall–Kier alpha value is -2.34. The lowest BCUT2D eigenvalue weighted by Gasteiger charge is -2.02. The van der Waals surface area contributed by atoms with Gasteiger partial charge in [0.25, 0.3) is 0 Å². The van der Waals surface area contributed by atoms with Gasteiger partial charge in [0.2, 0.25) is 0 Å². The number of hydrogen-bond acceptors (Lipinski definition) is 5. The van der Waals surface area contributed by atoms with E-state index in [1.165, 1.54) is 4.68 Å². The molecule has 1 aromatic heterocycles. The SMILES string of the molecule is Nc1cccc(-n2ccc(C(=O)OCCO)n2)c1. The lowest BCUT2D eigenvalue weighted by Crippen LogP contribution is -2.10. The minimum Gasteiger partial charge on any atom is -0.458 e. The highest BCUT2D eigenvalue weighted by molar-refractivity contribution is 5.87. The number of aliphatic hydroxyl groups is 1. The first kappa shape index (κ1) is 12.1. The van der Waals surface area contributed by atoms with Gasteiger partial charge in [0.1, 0.15) is 6.61 Å². The largest absolute Gasteiger partial charge is 0.458 e. The molecule has 0 aliphatic rings. The summed E-state index contributed by atoms with van der Waals surface area (Å²) in [5.41, 5.74) is 7.23. The number of carbonyl (C=O) groups is 1. The number of aromatic nitrogens is 2. The fraction of sp³-hybridized carbons (Fsp3) is 0.167. The number of carbonyl (C=O) groups excluding carboxylic acids is 1. The highest BCUT2D eigenvalue weighted by Crippen LogP contribution is 2.11. The minimum atomic E-state index is -0.563. The first-order valence-corrected chi connectivity index (χ1v) is 5.40. The van der Waals surface area contributed by atoms with E-state index in [1.54, 1.807) is 30.5 Å². The van der Waals surface area contributed by atoms with Gasteiger partial charge >= 0.3 is 5.97 Å². The van der Waals surface area contributed by atoms with Crippen molar-refractivity contribution in [3.63, 3.8) is 0 Å². The Kier molecular flexibility index (Phi) is 3.59. The summed E-state index contributed by atoms with van der Waals surface area (Å²) in [5.74, 6) is -0.563. The van der Waals surface area contributed by atoms with Crippen molar-refractivity contribution < 1.29 is 14.6 Å². The van der Waals surface area contributed by atoms with Crippen LogP contribution >= 0.6 is 0 Å². The number of nitrogens with two attached hydrogens (primary N) is 1. The summed E-state index contributed by atoms with van der Waals surface area (Å²) in [7, 11) is 0. The monoisotopic (exact) mass is 247 g/mol. The van der Waals surface area contributed by atoms with Crippen molar-refractivity contribution in [1.82, 2.24) is 9.78 Å². The van der Waals surface area contributed by atoms with Crippen LogP contribution in [-0.2, 0) is 4.74 Å². The van der Waals surface area contributed by atoms with E-state index in [0.29, 0.717) is 5.69 Å². The van der Waals surface area contributed by atoms with E-state index >= 15 is 0 Å². The number of benzene rings is 1. The van der Waals surface area contributed by atoms with Crippen LogP contribution in [0.3, 0.4) is 0 Å². The molecule has 0 radical (unpaired) electrons. The maximum atomic E-state index is 11.5. The summed E-state index contributed by atoms with van der Waals surface area (Å²) >= 11 is 0. The molecule has 0 unspecified atom stereocenters. The fourth-order valence-electron chi connectivity index (χ4n) is 1.46. The highest BCUT2D eigenvalue weighted by Gasteiger charge is 2.11. The van der Waals surface area contributed by atoms with Crippen LogP contribution in [0.2, 0.25) is 0 Å². The van der Waals surface area contributed by atoms with Gasteiger partial charge in [0.15, 0.2) is 5.69 Å². The van der Waals surface area contributed by atoms with E-state index in [1.807, 2.05) is 6.07 Å². The van der Waals surface area contributed by atoms with Crippen LogP contribution in [0.15, 0.2) is 36.5 Å². The lowest BCUT2D eigenvalue weighted by atomic mass is 10.3. The van der Waals surface area contributed by atoms with Crippen LogP contribution in [0.1, 0.15) is 10.5 Å². The van der Waals surface area contributed by atoms with Crippen LogP contribution in [0, 0.1) is 0 Å². The van der Waals surface area contributed by atoms with Gasteiger partial charge < -0.3 is 15.6 Å². The Labute approximate surface area is 104 Å². The molecule has 0 aliphatic heterocycles. The van der Waals surface area contributed by atoms with Crippen molar-refractivity contribution in [2.75, 3.05) is 18.9 Å². The molecule has 1 heterocycles. The molecule has 0 amide bonds. The van der Waals surface area contributed by atoms with E-state index in [9.17, 15) is 4.79 Å². The molecule has 0 bridgehead atoms. The van der Waals surface area contributed by atoms with Gasteiger partial charge in [-0.15, -0.1) is 0 Å². The number of rotatable bonds is 4. The molecular weight excluding hydrogens is 234 g/mol. The number of nitrogen functional groups attached to an aromatic ring is 1. The molecule has 0 fully saturated rings. The third kappa shape index (κ3) is 2.67. The van der Waals surface area contributed by atoms with Gasteiger partial charge in [0.05, 0.1) is 12.3 Å². The summed E-state index contributed by atoms with van der Waals surface area (Å²) in [6.07, 6.45) is 1.64. The number of aliphatic hydroxyl groups excluding tert-OH is 1. The van der Waals surface area contributed by atoms with Crippen LogP contribution in [0.25, 0.3) is 5.69 Å². The van der Waals surface area contributed by atoms with Gasteiger partial charge in [-0.3, -0.25) is 0 Å². The number of anilines is 1. The lowest BCUT2D eigenvalue weighted by molar-refractivity contribution is 0.0426. The molecule has 94 valence electrons. The summed E-state index contributed by atoms with van der Waals surface area (Å²) in [6, 6.07) is 8.68. The van der Waals surface area contributed by atoms with Crippen LogP contribution in [0.4, 0.5) is 5.69 Å². The zero-order valence-corrected chi connectivity index (χ0v) is 9.61. The molecule has 6 heteroatoms. The average Bonchev–Trinajstić information content (AvgIpc) is 2.85. The fourth-order valence-corrected chi connectivity index (χ4v) is 1.46. The van der Waals surface area contributed by atoms with Crippen molar-refractivity contribution in [1.29, 1.82) is 0 Å². The standard InChI is InChI=1S/C12H13N3O3/c13-9-2-1-3-10(8-9)15-5-4-11(14-15)12(17)18-7-6-16/h1-5,8,16H,6-7,13H2. The van der Waals surface area contributed by atoms with Crippen molar-refractivity contribution in [2.24, 2.45) is 0 Å². The third-order valence-electron chi connectivity index (χ3n) is 2.26. The van der Waals surface area contributed by atoms with Crippen molar-refractivity contribution in [3.05, 3.63) is 42.2 Å². The van der Waals surface area contributed by atoms with Crippen LogP contribution in [0.5, 0.6) is 0 Å². The number of nitrogens with zero attached hydrogens (tertiary/aromatic N) is 2. The summed E-state index contributed by atoms with van der Waals surface area (Å²) < 4.78 is 6.29. The van der Waals surface area contributed by atoms with Gasteiger partial charge in [-0.2, -0.15) is 5.10 Å². The van der Waals surface area contributed by atoms with E-state index < -0.39 is 5.97 Å². The summed E-state index contributed by atoms with van der Waals surface area (Å²) in [4.78, 5) is 11.5. The first-order chi connectivity index (χ1) is 8.70. The molecule has 0 aliphatic carbocycles. The average molecular weight is 247 g/mol. The molecule has 1 aromatic carbocycles. The second-order valence-corrected chi connectivity index (χ2v) is 3.60. The Morgan fingerprint density at radius 2 is 2.28 bits per heavy atom. The molecule has 0 saturated carbocycles. The first-order valence-electron chi connectivity index (χ1n) is 5.40. The molecule has 0 spiro atoms. The molecule has 3 N–H and O–H groups in total. The number of hydrogen-bond donors (Lipinski definition) is 2. The Balaban J connectivity index is 2.17. The maximum Gasteiger partial charge on any atom is 0.358 e. The van der Waals surface area contributed by atoms with E-state index in [2.05, 4.69) is 5.10 Å². The Morgan fingerprint density at radius 1 is 1.44 bits per heavy atom. The molecule has 2 aromatic rings. The second-order valence-electron chi connectivity index (χ2n) is 3.60.